The van der Waals surface area contributed by atoms with Crippen LogP contribution in [0.1, 0.15) is 47.2 Å². The van der Waals surface area contributed by atoms with E-state index in [-0.39, 0.29) is 11.8 Å². The van der Waals surface area contributed by atoms with Crippen LogP contribution < -0.4 is 10.6 Å². The molecule has 0 atom stereocenters. The Labute approximate surface area is 158 Å². The van der Waals surface area contributed by atoms with Crippen molar-refractivity contribution in [3.05, 3.63) is 70.2 Å². The van der Waals surface area contributed by atoms with E-state index in [2.05, 4.69) is 10.6 Å². The largest absolute Gasteiger partial charge is 0.355 e. The Balaban J connectivity index is 1.77. The number of carbonyl (C=O) groups is 2. The van der Waals surface area contributed by atoms with Crippen molar-refractivity contribution in [2.75, 3.05) is 7.05 Å². The van der Waals surface area contributed by atoms with Gasteiger partial charge in [-0.3, -0.25) is 9.59 Å². The van der Waals surface area contributed by atoms with E-state index in [4.69, 9.17) is 11.6 Å². The topological polar surface area (TPSA) is 58.2 Å². The summed E-state index contributed by atoms with van der Waals surface area (Å²) in [6.45, 7) is 0.395. The molecular formula is C21H23ClN2O2. The van der Waals surface area contributed by atoms with Gasteiger partial charge in [-0.25, -0.2) is 0 Å². The van der Waals surface area contributed by atoms with Crippen molar-refractivity contribution < 1.29 is 9.59 Å². The molecule has 2 N–H and O–H groups in total. The predicted molar refractivity (Wildman–Crippen MR) is 103 cm³/mol. The van der Waals surface area contributed by atoms with Gasteiger partial charge in [-0.1, -0.05) is 48.7 Å². The molecule has 0 aromatic heterocycles. The summed E-state index contributed by atoms with van der Waals surface area (Å²) >= 11 is 6.15. The van der Waals surface area contributed by atoms with Gasteiger partial charge in [0.25, 0.3) is 5.91 Å². The highest BCUT2D eigenvalue weighted by molar-refractivity contribution is 6.30. The molecule has 0 unspecified atom stereocenters. The standard InChI is InChI=1S/C21H23ClN2O2/c1-23-19(25)16-7-4-6-15(12-16)14-24-20(26)21(10-2-3-11-21)17-8-5-9-18(22)13-17/h4-9,12-13H,2-3,10-11,14H2,1H3,(H,23,25)(H,24,26). The summed E-state index contributed by atoms with van der Waals surface area (Å²) in [5, 5.41) is 6.33. The smallest absolute Gasteiger partial charge is 0.251 e. The molecule has 0 heterocycles. The second-order valence-electron chi connectivity index (χ2n) is 6.76. The van der Waals surface area contributed by atoms with Crippen molar-refractivity contribution in [1.82, 2.24) is 10.6 Å². The van der Waals surface area contributed by atoms with Crippen LogP contribution in [0, 0.1) is 0 Å². The molecule has 4 nitrogen and oxygen atoms in total. The van der Waals surface area contributed by atoms with Crippen molar-refractivity contribution in [2.45, 2.75) is 37.6 Å². The van der Waals surface area contributed by atoms with E-state index < -0.39 is 5.41 Å². The van der Waals surface area contributed by atoms with Gasteiger partial charge in [0.2, 0.25) is 5.91 Å². The van der Waals surface area contributed by atoms with Crippen LogP contribution in [0.4, 0.5) is 0 Å². The maximum atomic E-state index is 13.1. The van der Waals surface area contributed by atoms with Gasteiger partial charge in [-0.2, -0.15) is 0 Å². The lowest BCUT2D eigenvalue weighted by molar-refractivity contribution is -0.126. The van der Waals surface area contributed by atoms with Crippen molar-refractivity contribution in [3.8, 4) is 0 Å². The molecule has 2 aromatic carbocycles. The van der Waals surface area contributed by atoms with E-state index in [0.717, 1.165) is 36.8 Å². The molecule has 136 valence electrons. The predicted octanol–water partition coefficient (Wildman–Crippen LogP) is 3.83. The summed E-state index contributed by atoms with van der Waals surface area (Å²) in [6.07, 6.45) is 3.73. The average molecular weight is 371 g/mol. The Morgan fingerprint density at radius 1 is 1.08 bits per heavy atom. The summed E-state index contributed by atoms with van der Waals surface area (Å²) < 4.78 is 0. The van der Waals surface area contributed by atoms with E-state index in [0.29, 0.717) is 17.1 Å². The van der Waals surface area contributed by atoms with Crippen LogP contribution in [-0.2, 0) is 16.8 Å². The zero-order valence-corrected chi connectivity index (χ0v) is 15.6. The van der Waals surface area contributed by atoms with Gasteiger partial charge in [-0.15, -0.1) is 0 Å². The van der Waals surface area contributed by atoms with E-state index in [1.807, 2.05) is 36.4 Å². The van der Waals surface area contributed by atoms with Gasteiger partial charge in [0.05, 0.1) is 5.41 Å². The zero-order valence-electron chi connectivity index (χ0n) is 14.8. The molecule has 2 aromatic rings. The molecular weight excluding hydrogens is 348 g/mol. The molecule has 3 rings (SSSR count). The molecule has 0 bridgehead atoms. The Morgan fingerprint density at radius 3 is 2.50 bits per heavy atom. The normalized spacial score (nSPS) is 15.5. The number of nitrogens with one attached hydrogen (secondary N) is 2. The van der Waals surface area contributed by atoms with E-state index in [1.54, 1.807) is 19.2 Å². The van der Waals surface area contributed by atoms with E-state index in [1.165, 1.54) is 0 Å². The van der Waals surface area contributed by atoms with Crippen molar-refractivity contribution in [2.24, 2.45) is 0 Å². The Bertz CT molecular complexity index is 813. The Hall–Kier alpha value is -2.33. The number of rotatable bonds is 5. The third-order valence-corrected chi connectivity index (χ3v) is 5.37. The lowest BCUT2D eigenvalue weighted by Gasteiger charge is -2.28. The molecule has 1 fully saturated rings. The third-order valence-electron chi connectivity index (χ3n) is 5.14. The average Bonchev–Trinajstić information content (AvgIpc) is 3.17. The molecule has 5 heteroatoms. The van der Waals surface area contributed by atoms with Gasteiger partial charge in [-0.05, 0) is 48.2 Å². The summed E-state index contributed by atoms with van der Waals surface area (Å²) in [6, 6.07) is 14.9. The van der Waals surface area contributed by atoms with Gasteiger partial charge >= 0.3 is 0 Å². The minimum absolute atomic E-state index is 0.0302. The van der Waals surface area contributed by atoms with Gasteiger partial charge in [0, 0.05) is 24.2 Å². The number of hydrogen-bond donors (Lipinski definition) is 2. The summed E-state index contributed by atoms with van der Waals surface area (Å²) in [5.41, 5.74) is 1.96. The quantitative estimate of drug-likeness (QED) is 0.840. The number of hydrogen-bond acceptors (Lipinski definition) is 2. The zero-order chi connectivity index (χ0) is 18.6. The lowest BCUT2D eigenvalue weighted by Crippen LogP contribution is -2.42. The molecule has 0 aliphatic heterocycles. The molecule has 1 saturated carbocycles. The maximum Gasteiger partial charge on any atom is 0.251 e. The molecule has 0 radical (unpaired) electrons. The van der Waals surface area contributed by atoms with Crippen LogP contribution in [0.3, 0.4) is 0 Å². The molecule has 2 amide bonds. The Kier molecular flexibility index (Phi) is 5.62. The fraction of sp³-hybridized carbons (Fsp3) is 0.333. The first kappa shape index (κ1) is 18.5. The fourth-order valence-electron chi connectivity index (χ4n) is 3.73. The molecule has 0 spiro atoms. The molecule has 1 aliphatic carbocycles. The lowest BCUT2D eigenvalue weighted by atomic mass is 9.78. The molecule has 0 saturated heterocycles. The highest BCUT2D eigenvalue weighted by Gasteiger charge is 2.42. The van der Waals surface area contributed by atoms with E-state index >= 15 is 0 Å². The minimum Gasteiger partial charge on any atom is -0.355 e. The van der Waals surface area contributed by atoms with Gasteiger partial charge in [0.15, 0.2) is 0 Å². The third kappa shape index (κ3) is 3.75. The van der Waals surface area contributed by atoms with Crippen molar-refractivity contribution in [1.29, 1.82) is 0 Å². The fourth-order valence-corrected chi connectivity index (χ4v) is 3.92. The number of benzene rings is 2. The molecule has 26 heavy (non-hydrogen) atoms. The van der Waals surface area contributed by atoms with Crippen LogP contribution in [0.15, 0.2) is 48.5 Å². The molecule has 1 aliphatic rings. The van der Waals surface area contributed by atoms with E-state index in [9.17, 15) is 9.59 Å². The number of halogens is 1. The van der Waals surface area contributed by atoms with Crippen LogP contribution in [0.25, 0.3) is 0 Å². The van der Waals surface area contributed by atoms with Crippen molar-refractivity contribution in [3.63, 3.8) is 0 Å². The Morgan fingerprint density at radius 2 is 1.81 bits per heavy atom. The monoisotopic (exact) mass is 370 g/mol. The first-order valence-electron chi connectivity index (χ1n) is 8.90. The van der Waals surface area contributed by atoms with Crippen molar-refractivity contribution >= 4 is 23.4 Å². The van der Waals surface area contributed by atoms with Crippen LogP contribution >= 0.6 is 11.6 Å². The SMILES string of the molecule is CNC(=O)c1cccc(CNC(=O)C2(c3cccc(Cl)c3)CCCC2)c1. The van der Waals surface area contributed by atoms with Gasteiger partial charge < -0.3 is 10.6 Å². The summed E-state index contributed by atoms with van der Waals surface area (Å²) in [4.78, 5) is 24.9. The number of carbonyl (C=O) groups excluding carboxylic acids is 2. The minimum atomic E-state index is -0.511. The second kappa shape index (κ2) is 7.92. The van der Waals surface area contributed by atoms with Crippen LogP contribution in [0.5, 0.6) is 0 Å². The first-order valence-corrected chi connectivity index (χ1v) is 9.28. The first-order chi connectivity index (χ1) is 12.5. The summed E-state index contributed by atoms with van der Waals surface area (Å²) in [5.74, 6) is -0.105. The maximum absolute atomic E-state index is 13.1. The van der Waals surface area contributed by atoms with Gasteiger partial charge in [0.1, 0.15) is 0 Å². The highest BCUT2D eigenvalue weighted by Crippen LogP contribution is 2.42. The van der Waals surface area contributed by atoms with Crippen LogP contribution in [0.2, 0.25) is 5.02 Å². The highest BCUT2D eigenvalue weighted by atomic mass is 35.5. The van der Waals surface area contributed by atoms with Crippen LogP contribution in [-0.4, -0.2) is 18.9 Å². The summed E-state index contributed by atoms with van der Waals surface area (Å²) in [7, 11) is 1.60. The number of amides is 2. The second-order valence-corrected chi connectivity index (χ2v) is 7.20.